The van der Waals surface area contributed by atoms with Gasteiger partial charge in [-0.05, 0) is 18.6 Å². The third kappa shape index (κ3) is 2.86. The summed E-state index contributed by atoms with van der Waals surface area (Å²) in [5, 5.41) is 15.4. The number of amides is 1. The van der Waals surface area contributed by atoms with Gasteiger partial charge in [0.15, 0.2) is 5.82 Å². The maximum Gasteiger partial charge on any atom is 0.254 e. The molecule has 1 amide bonds. The van der Waals surface area contributed by atoms with Gasteiger partial charge in [-0.2, -0.15) is 5.10 Å². The van der Waals surface area contributed by atoms with Crippen LogP contribution in [-0.4, -0.2) is 37.6 Å². The molecular weight excluding hydrogens is 320 g/mol. The van der Waals surface area contributed by atoms with E-state index >= 15 is 0 Å². The summed E-state index contributed by atoms with van der Waals surface area (Å²) >= 11 is 0. The summed E-state index contributed by atoms with van der Waals surface area (Å²) in [6, 6.07) is 7.51. The van der Waals surface area contributed by atoms with E-state index in [1.165, 1.54) is 6.20 Å². The van der Waals surface area contributed by atoms with Gasteiger partial charge in [0.1, 0.15) is 17.3 Å². The summed E-state index contributed by atoms with van der Waals surface area (Å²) in [6.45, 7) is 1.27. The molecule has 0 unspecified atom stereocenters. The number of nitrogens with zero attached hydrogens (tertiary/aromatic N) is 5. The van der Waals surface area contributed by atoms with Gasteiger partial charge in [0, 0.05) is 19.2 Å². The van der Waals surface area contributed by atoms with Crippen molar-refractivity contribution in [2.45, 2.75) is 25.9 Å². The molecule has 0 atom stereocenters. The fourth-order valence-corrected chi connectivity index (χ4v) is 2.99. The molecule has 2 aromatic heterocycles. The number of hydrogen-bond acceptors (Lipinski definition) is 5. The Morgan fingerprint density at radius 3 is 3.08 bits per heavy atom. The lowest BCUT2D eigenvalue weighted by Gasteiger charge is -2.07. The van der Waals surface area contributed by atoms with Crippen LogP contribution in [0.4, 0.5) is 0 Å². The second-order valence-electron chi connectivity index (χ2n) is 5.82. The zero-order valence-electron chi connectivity index (χ0n) is 13.8. The average molecular weight is 338 g/mol. The second-order valence-corrected chi connectivity index (χ2v) is 5.82. The molecular formula is C17H18N6O2. The SMILES string of the molecule is COc1ccccc1-n1cc(C(=O)NCc2nnc3n2CCC3)cn1. The van der Waals surface area contributed by atoms with Crippen molar-refractivity contribution >= 4 is 5.91 Å². The van der Waals surface area contributed by atoms with Crippen molar-refractivity contribution in [2.75, 3.05) is 7.11 Å². The zero-order chi connectivity index (χ0) is 17.2. The topological polar surface area (TPSA) is 86.9 Å². The quantitative estimate of drug-likeness (QED) is 0.759. The molecule has 3 heterocycles. The van der Waals surface area contributed by atoms with Crippen LogP contribution in [-0.2, 0) is 19.5 Å². The molecule has 0 aliphatic carbocycles. The van der Waals surface area contributed by atoms with Crippen molar-refractivity contribution in [3.05, 3.63) is 53.9 Å². The van der Waals surface area contributed by atoms with E-state index in [0.717, 1.165) is 36.7 Å². The van der Waals surface area contributed by atoms with E-state index in [1.807, 2.05) is 24.3 Å². The normalized spacial score (nSPS) is 12.8. The van der Waals surface area contributed by atoms with E-state index in [1.54, 1.807) is 18.0 Å². The Hall–Kier alpha value is -3.16. The number of aryl methyl sites for hydroxylation is 1. The van der Waals surface area contributed by atoms with Crippen molar-refractivity contribution in [2.24, 2.45) is 0 Å². The molecule has 1 aliphatic heterocycles. The smallest absolute Gasteiger partial charge is 0.254 e. The Morgan fingerprint density at radius 1 is 1.32 bits per heavy atom. The van der Waals surface area contributed by atoms with E-state index in [4.69, 9.17) is 4.74 Å². The molecule has 1 N–H and O–H groups in total. The first-order valence-electron chi connectivity index (χ1n) is 8.13. The predicted molar refractivity (Wildman–Crippen MR) is 89.6 cm³/mol. The van der Waals surface area contributed by atoms with Crippen molar-refractivity contribution < 1.29 is 9.53 Å². The maximum atomic E-state index is 12.4. The fraction of sp³-hybridized carbons (Fsp3) is 0.294. The number of rotatable bonds is 5. The van der Waals surface area contributed by atoms with Crippen molar-refractivity contribution in [1.82, 2.24) is 29.9 Å². The van der Waals surface area contributed by atoms with Crippen LogP contribution >= 0.6 is 0 Å². The molecule has 0 spiro atoms. The number of carbonyl (C=O) groups excluding carboxylic acids is 1. The van der Waals surface area contributed by atoms with Gasteiger partial charge in [0.2, 0.25) is 0 Å². The Labute approximate surface area is 144 Å². The summed E-state index contributed by atoms with van der Waals surface area (Å²) in [6.07, 6.45) is 5.25. The standard InChI is InChI=1S/C17H18N6O2/c1-25-14-6-3-2-5-13(14)23-11-12(9-19-23)17(24)18-10-16-21-20-15-7-4-8-22(15)16/h2-3,5-6,9,11H,4,7-8,10H2,1H3,(H,18,24). The lowest BCUT2D eigenvalue weighted by molar-refractivity contribution is 0.0949. The average Bonchev–Trinajstić information content (AvgIpc) is 3.36. The predicted octanol–water partition coefficient (Wildman–Crippen LogP) is 1.35. The minimum Gasteiger partial charge on any atom is -0.494 e. The number of para-hydroxylation sites is 2. The minimum atomic E-state index is -0.198. The molecule has 0 saturated carbocycles. The van der Waals surface area contributed by atoms with E-state index in [2.05, 4.69) is 25.2 Å². The van der Waals surface area contributed by atoms with Crippen molar-refractivity contribution in [3.63, 3.8) is 0 Å². The monoisotopic (exact) mass is 338 g/mol. The molecule has 0 fully saturated rings. The van der Waals surface area contributed by atoms with Gasteiger partial charge in [-0.25, -0.2) is 4.68 Å². The van der Waals surface area contributed by atoms with Crippen LogP contribution in [0.2, 0.25) is 0 Å². The lowest BCUT2D eigenvalue weighted by atomic mass is 10.3. The van der Waals surface area contributed by atoms with Crippen LogP contribution in [0.5, 0.6) is 5.75 Å². The first-order valence-corrected chi connectivity index (χ1v) is 8.13. The number of ether oxygens (including phenoxy) is 1. The molecule has 128 valence electrons. The molecule has 0 bridgehead atoms. The van der Waals surface area contributed by atoms with Gasteiger partial charge < -0.3 is 14.6 Å². The molecule has 4 rings (SSSR count). The van der Waals surface area contributed by atoms with E-state index in [-0.39, 0.29) is 5.91 Å². The second kappa shape index (κ2) is 6.39. The fourth-order valence-electron chi connectivity index (χ4n) is 2.99. The summed E-state index contributed by atoms with van der Waals surface area (Å²) in [5.74, 6) is 2.28. The third-order valence-electron chi connectivity index (χ3n) is 4.27. The highest BCUT2D eigenvalue weighted by atomic mass is 16.5. The number of methoxy groups -OCH3 is 1. The number of aromatic nitrogens is 5. The zero-order valence-corrected chi connectivity index (χ0v) is 13.8. The summed E-state index contributed by atoms with van der Waals surface area (Å²) in [7, 11) is 1.60. The first kappa shape index (κ1) is 15.4. The third-order valence-corrected chi connectivity index (χ3v) is 4.27. The Kier molecular flexibility index (Phi) is 3.93. The van der Waals surface area contributed by atoms with Gasteiger partial charge in [-0.3, -0.25) is 4.79 Å². The van der Waals surface area contributed by atoms with Crippen LogP contribution in [0.25, 0.3) is 5.69 Å². The van der Waals surface area contributed by atoms with Crippen molar-refractivity contribution in [1.29, 1.82) is 0 Å². The lowest BCUT2D eigenvalue weighted by Crippen LogP contribution is -2.24. The largest absolute Gasteiger partial charge is 0.494 e. The van der Waals surface area contributed by atoms with Crippen LogP contribution in [0.1, 0.15) is 28.4 Å². The van der Waals surface area contributed by atoms with Gasteiger partial charge in [0.05, 0.1) is 25.4 Å². The number of hydrogen-bond donors (Lipinski definition) is 1. The molecule has 8 heteroatoms. The molecule has 0 radical (unpaired) electrons. The molecule has 1 aliphatic rings. The summed E-state index contributed by atoms with van der Waals surface area (Å²) in [5.41, 5.74) is 1.26. The van der Waals surface area contributed by atoms with Crippen LogP contribution < -0.4 is 10.1 Å². The Bertz CT molecular complexity index is 914. The van der Waals surface area contributed by atoms with Gasteiger partial charge in [-0.15, -0.1) is 10.2 Å². The summed E-state index contributed by atoms with van der Waals surface area (Å²) < 4.78 is 9.02. The number of fused-ring (bicyclic) bond motifs is 1. The molecule has 1 aromatic carbocycles. The molecule has 0 saturated heterocycles. The van der Waals surface area contributed by atoms with Crippen molar-refractivity contribution in [3.8, 4) is 11.4 Å². The summed E-state index contributed by atoms with van der Waals surface area (Å²) in [4.78, 5) is 12.4. The van der Waals surface area contributed by atoms with E-state index < -0.39 is 0 Å². The number of nitrogens with one attached hydrogen (secondary N) is 1. The van der Waals surface area contributed by atoms with Gasteiger partial charge >= 0.3 is 0 Å². The van der Waals surface area contributed by atoms with Crippen LogP contribution in [0.15, 0.2) is 36.7 Å². The number of benzene rings is 1. The van der Waals surface area contributed by atoms with Crippen LogP contribution in [0.3, 0.4) is 0 Å². The maximum absolute atomic E-state index is 12.4. The molecule has 25 heavy (non-hydrogen) atoms. The highest BCUT2D eigenvalue weighted by Gasteiger charge is 2.18. The highest BCUT2D eigenvalue weighted by Crippen LogP contribution is 2.21. The first-order chi connectivity index (χ1) is 12.3. The molecule has 8 nitrogen and oxygen atoms in total. The molecule has 3 aromatic rings. The minimum absolute atomic E-state index is 0.198. The highest BCUT2D eigenvalue weighted by molar-refractivity contribution is 5.93. The Morgan fingerprint density at radius 2 is 2.20 bits per heavy atom. The van der Waals surface area contributed by atoms with Crippen LogP contribution in [0, 0.1) is 0 Å². The van der Waals surface area contributed by atoms with Gasteiger partial charge in [0.25, 0.3) is 5.91 Å². The van der Waals surface area contributed by atoms with Gasteiger partial charge in [-0.1, -0.05) is 12.1 Å². The number of carbonyl (C=O) groups is 1. The van der Waals surface area contributed by atoms with E-state index in [9.17, 15) is 4.79 Å². The van der Waals surface area contributed by atoms with E-state index in [0.29, 0.717) is 17.9 Å². The Balaban J connectivity index is 1.47.